The van der Waals surface area contributed by atoms with Crippen LogP contribution in [0.25, 0.3) is 33.6 Å². The molecule has 7 rings (SSSR count). The minimum absolute atomic E-state index is 0.103. The lowest BCUT2D eigenvalue weighted by Gasteiger charge is -2.31. The van der Waals surface area contributed by atoms with E-state index in [9.17, 15) is 24.3 Å². The zero-order chi connectivity index (χ0) is 38.6. The first kappa shape index (κ1) is 36.8. The van der Waals surface area contributed by atoms with Crippen LogP contribution in [-0.4, -0.2) is 118 Å². The Morgan fingerprint density at radius 3 is 1.82 bits per heavy atom. The normalized spacial score (nSPS) is 17.9. The molecule has 5 heterocycles. The largest absolute Gasteiger partial charge is 0.465 e. The summed E-state index contributed by atoms with van der Waals surface area (Å²) in [4.78, 5) is 71.0. The third-order valence-corrected chi connectivity index (χ3v) is 10.4. The number of amides is 4. The Morgan fingerprint density at radius 2 is 1.35 bits per heavy atom. The molecule has 0 bridgehead atoms. The highest BCUT2D eigenvalue weighted by molar-refractivity contribution is 5.86. The predicted octanol–water partition coefficient (Wildman–Crippen LogP) is 4.54. The van der Waals surface area contributed by atoms with Crippen LogP contribution in [0.1, 0.15) is 62.0 Å². The Morgan fingerprint density at radius 1 is 0.836 bits per heavy atom. The van der Waals surface area contributed by atoms with Gasteiger partial charge in [-0.3, -0.25) is 14.5 Å². The molecule has 17 nitrogen and oxygen atoms in total. The van der Waals surface area contributed by atoms with E-state index in [1.54, 1.807) is 29.1 Å². The monoisotopic (exact) mass is 749 g/mol. The maximum Gasteiger partial charge on any atom is 0.407 e. The summed E-state index contributed by atoms with van der Waals surface area (Å²) in [7, 11) is 2.66. The number of alkyl carbamates (subject to hydrolysis) is 1. The second-order valence-electron chi connectivity index (χ2n) is 13.8. The first-order chi connectivity index (χ1) is 26.6. The van der Waals surface area contributed by atoms with Crippen molar-refractivity contribution < 1.29 is 29.0 Å². The lowest BCUT2D eigenvalue weighted by atomic mass is 10.0. The minimum atomic E-state index is -1.20. The number of aromatic nitrogens is 7. The Labute approximate surface area is 316 Å². The molecule has 2 fully saturated rings. The molecule has 5 aromatic rings. The average molecular weight is 750 g/mol. The molecule has 55 heavy (non-hydrogen) atoms. The van der Waals surface area contributed by atoms with Crippen molar-refractivity contribution >= 4 is 24.0 Å². The number of H-pyrrole nitrogens is 3. The molecule has 2 saturated heterocycles. The van der Waals surface area contributed by atoms with Gasteiger partial charge in [0.25, 0.3) is 0 Å². The van der Waals surface area contributed by atoms with Crippen molar-refractivity contribution in [2.45, 2.75) is 63.2 Å². The highest BCUT2D eigenvalue weighted by atomic mass is 16.5. The van der Waals surface area contributed by atoms with Gasteiger partial charge in [0.05, 0.1) is 54.9 Å². The van der Waals surface area contributed by atoms with Gasteiger partial charge in [-0.05, 0) is 54.9 Å². The smallest absolute Gasteiger partial charge is 0.407 e. The first-order valence-corrected chi connectivity index (χ1v) is 18.2. The number of carbonyl (C=O) groups is 4. The van der Waals surface area contributed by atoms with Gasteiger partial charge in [-0.25, -0.2) is 19.6 Å². The van der Waals surface area contributed by atoms with Gasteiger partial charge in [0.2, 0.25) is 11.8 Å². The van der Waals surface area contributed by atoms with Crippen LogP contribution < -0.4 is 5.32 Å². The van der Waals surface area contributed by atoms with Crippen LogP contribution in [0.5, 0.6) is 0 Å². The molecule has 17 heteroatoms. The number of benzene rings is 2. The number of imidazole rings is 2. The number of carbonyl (C=O) groups excluding carboxylic acids is 3. The maximum absolute atomic E-state index is 13.8. The van der Waals surface area contributed by atoms with Crippen molar-refractivity contribution in [1.29, 1.82) is 0 Å². The Balaban J connectivity index is 1.00. The van der Waals surface area contributed by atoms with Gasteiger partial charge in [0, 0.05) is 26.6 Å². The van der Waals surface area contributed by atoms with Crippen LogP contribution in [0, 0.1) is 0 Å². The summed E-state index contributed by atoms with van der Waals surface area (Å²) in [5.74, 6) is 0.874. The summed E-state index contributed by atoms with van der Waals surface area (Å²) in [5.41, 5.74) is 6.11. The van der Waals surface area contributed by atoms with Gasteiger partial charge in [-0.15, -0.1) is 0 Å². The van der Waals surface area contributed by atoms with Crippen molar-refractivity contribution in [2.75, 3.05) is 27.2 Å². The molecule has 4 amide bonds. The van der Waals surface area contributed by atoms with Crippen LogP contribution in [0.15, 0.2) is 67.1 Å². The summed E-state index contributed by atoms with van der Waals surface area (Å²) in [5, 5.41) is 22.6. The fraction of sp³-hybridized carbons (Fsp3) is 0.368. The second-order valence-corrected chi connectivity index (χ2v) is 13.8. The summed E-state index contributed by atoms with van der Waals surface area (Å²) in [6.07, 6.45) is 6.37. The standard InChI is InChI=1S/C38H43N11O6/c1-22(42-37(52)55-3)35(50)48-16-4-6-30(48)33-39-20-28(43-33)25-12-8-23(9-13-25)24-10-14-26(15-11-24)29-21-40-34(44-29)31-7-5-17-49(31)36(51)32(47(2)38(53)54)18-27-19-41-46-45-27/h8-15,19-22,30-32H,4-7,16-18H2,1-3H3,(H,39,43)(H,40,44)(H,42,52)(H,53,54)(H,41,45,46)/t22-,30-,31-,32-/m0/s1. The number of hydrogen-bond donors (Lipinski definition) is 5. The highest BCUT2D eigenvalue weighted by Crippen LogP contribution is 2.35. The third kappa shape index (κ3) is 7.76. The molecule has 3 aromatic heterocycles. The second kappa shape index (κ2) is 15.8. The van der Waals surface area contributed by atoms with E-state index in [2.05, 4.69) is 45.4 Å². The fourth-order valence-electron chi connectivity index (χ4n) is 7.40. The van der Waals surface area contributed by atoms with Gasteiger partial charge >= 0.3 is 12.2 Å². The predicted molar refractivity (Wildman–Crippen MR) is 199 cm³/mol. The molecule has 2 aliphatic rings. The Kier molecular flexibility index (Phi) is 10.6. The Hall–Kier alpha value is -6.52. The molecule has 2 aliphatic heterocycles. The van der Waals surface area contributed by atoms with Gasteiger partial charge in [-0.2, -0.15) is 15.4 Å². The maximum atomic E-state index is 13.8. The minimum Gasteiger partial charge on any atom is -0.465 e. The van der Waals surface area contributed by atoms with E-state index in [0.717, 1.165) is 57.8 Å². The van der Waals surface area contributed by atoms with Gasteiger partial charge in [0.1, 0.15) is 23.7 Å². The van der Waals surface area contributed by atoms with Gasteiger partial charge in [-0.1, -0.05) is 48.5 Å². The summed E-state index contributed by atoms with van der Waals surface area (Å²) >= 11 is 0. The van der Waals surface area contributed by atoms with Gasteiger partial charge in [0.15, 0.2) is 0 Å². The van der Waals surface area contributed by atoms with Crippen LogP contribution in [0.4, 0.5) is 9.59 Å². The number of rotatable bonds is 11. The van der Waals surface area contributed by atoms with Crippen LogP contribution in [0.2, 0.25) is 0 Å². The molecule has 5 N–H and O–H groups in total. The summed E-state index contributed by atoms with van der Waals surface area (Å²) in [6, 6.07) is 14.1. The Bertz CT molecular complexity index is 2130. The summed E-state index contributed by atoms with van der Waals surface area (Å²) in [6.45, 7) is 2.73. The number of carboxylic acid groups (broad SMARTS) is 1. The number of hydrogen-bond acceptors (Lipinski definition) is 9. The molecular weight excluding hydrogens is 706 g/mol. The highest BCUT2D eigenvalue weighted by Gasteiger charge is 2.39. The van der Waals surface area contributed by atoms with E-state index in [-0.39, 0.29) is 30.3 Å². The van der Waals surface area contributed by atoms with Crippen molar-refractivity contribution in [1.82, 2.24) is 55.4 Å². The quantitative estimate of drug-likeness (QED) is 0.127. The number of likely N-dealkylation sites (tertiary alicyclic amines) is 2. The molecule has 2 aromatic carbocycles. The number of methoxy groups -OCH3 is 1. The lowest BCUT2D eigenvalue weighted by molar-refractivity contribution is -0.137. The fourth-order valence-corrected chi connectivity index (χ4v) is 7.40. The SMILES string of the molecule is COC(=O)N[C@@H](C)C(=O)N1CCC[C@H]1c1ncc(-c2ccc(-c3ccc(-c4cnc([C@@H]5CCCN5C(=O)[C@H](Cc5cn[nH]n5)N(C)C(=O)O)[nH]4)cc3)cc2)[nH]1. The van der Waals surface area contributed by atoms with Gasteiger partial charge < -0.3 is 34.9 Å². The molecule has 0 aliphatic carbocycles. The van der Waals surface area contributed by atoms with E-state index in [4.69, 9.17) is 0 Å². The molecule has 0 unspecified atom stereocenters. The molecular formula is C38H43N11O6. The molecule has 0 spiro atoms. The first-order valence-electron chi connectivity index (χ1n) is 18.2. The number of nitrogens with zero attached hydrogens (tertiary/aromatic N) is 7. The topological polar surface area (TPSA) is 218 Å². The number of nitrogens with one attached hydrogen (secondary N) is 4. The van der Waals surface area contributed by atoms with E-state index < -0.39 is 24.3 Å². The van der Waals surface area contributed by atoms with Crippen molar-refractivity contribution in [3.05, 3.63) is 84.5 Å². The van der Waals surface area contributed by atoms with Crippen molar-refractivity contribution in [3.8, 4) is 33.6 Å². The van der Waals surface area contributed by atoms with Crippen molar-refractivity contribution in [3.63, 3.8) is 0 Å². The number of ether oxygens (including phenoxy) is 1. The average Bonchev–Trinajstić information content (AvgIpc) is 4.05. The zero-order valence-electron chi connectivity index (χ0n) is 30.7. The molecule has 0 radical (unpaired) electrons. The molecule has 286 valence electrons. The summed E-state index contributed by atoms with van der Waals surface area (Å²) < 4.78 is 4.64. The number of likely N-dealkylation sites (N-methyl/N-ethyl adjacent to an activating group) is 1. The zero-order valence-corrected chi connectivity index (χ0v) is 30.7. The lowest BCUT2D eigenvalue weighted by Crippen LogP contribution is -2.50. The van der Waals surface area contributed by atoms with Crippen LogP contribution in [-0.2, 0) is 20.7 Å². The van der Waals surface area contributed by atoms with E-state index in [1.165, 1.54) is 20.4 Å². The third-order valence-electron chi connectivity index (χ3n) is 10.4. The molecule has 0 saturated carbocycles. The van der Waals surface area contributed by atoms with E-state index in [1.807, 2.05) is 48.5 Å². The van der Waals surface area contributed by atoms with Crippen molar-refractivity contribution in [2.24, 2.45) is 0 Å². The number of aromatic amines is 3. The van der Waals surface area contributed by atoms with Crippen LogP contribution >= 0.6 is 0 Å². The van der Waals surface area contributed by atoms with E-state index in [0.29, 0.717) is 36.9 Å². The van der Waals surface area contributed by atoms with Crippen LogP contribution in [0.3, 0.4) is 0 Å². The molecule has 4 atom stereocenters. The van der Waals surface area contributed by atoms with E-state index >= 15 is 0 Å².